The van der Waals surface area contributed by atoms with Crippen molar-refractivity contribution in [3.05, 3.63) is 35.9 Å². The zero-order valence-electron chi connectivity index (χ0n) is 22.2. The predicted molar refractivity (Wildman–Crippen MR) is 136 cm³/mol. The highest BCUT2D eigenvalue weighted by atomic mass is 16.7. The molecule has 1 fully saturated rings. The number of Topliss-reactive ketones (excluding diaryl/α,β-unsaturated/α-hetero) is 1. The number of esters is 1. The Labute approximate surface area is 224 Å². The molecule has 1 heterocycles. The Hall–Kier alpha value is -1.96. The Morgan fingerprint density at radius 1 is 0.632 bits per heavy atom. The average molecular weight is 543 g/mol. The van der Waals surface area contributed by atoms with Crippen LogP contribution in [0, 0.1) is 0 Å². The molecule has 1 aliphatic heterocycles. The highest BCUT2D eigenvalue weighted by Gasteiger charge is 2.17. The Morgan fingerprint density at radius 2 is 1.11 bits per heavy atom. The van der Waals surface area contributed by atoms with Crippen LogP contribution in [0.1, 0.15) is 29.6 Å². The van der Waals surface area contributed by atoms with E-state index in [1.807, 2.05) is 0 Å². The van der Waals surface area contributed by atoms with Crippen molar-refractivity contribution >= 4 is 11.8 Å². The van der Waals surface area contributed by atoms with Gasteiger partial charge in [-0.25, -0.2) is 4.79 Å². The van der Waals surface area contributed by atoms with Gasteiger partial charge in [0.1, 0.15) is 6.61 Å². The SMILES string of the molecule is O=C(OCCOCCOCCOCCOCCOCCOCCOC1CCCCO1)C(=O)c1ccccc1. The molecule has 0 aromatic heterocycles. The fraction of sp³-hybridized carbons (Fsp3) is 0.704. The number of hydrogen-bond donors (Lipinski definition) is 0. The van der Waals surface area contributed by atoms with Gasteiger partial charge in [0.2, 0.25) is 0 Å². The fourth-order valence-corrected chi connectivity index (χ4v) is 3.25. The summed E-state index contributed by atoms with van der Waals surface area (Å²) in [5.41, 5.74) is 0.300. The lowest BCUT2D eigenvalue weighted by Gasteiger charge is -2.22. The van der Waals surface area contributed by atoms with Gasteiger partial charge in [0.15, 0.2) is 6.29 Å². The molecular weight excluding hydrogens is 500 g/mol. The van der Waals surface area contributed by atoms with Gasteiger partial charge >= 0.3 is 5.97 Å². The minimum Gasteiger partial charge on any atom is -0.457 e. The molecular formula is C27H42O11. The van der Waals surface area contributed by atoms with E-state index < -0.39 is 11.8 Å². The zero-order valence-corrected chi connectivity index (χ0v) is 22.2. The lowest BCUT2D eigenvalue weighted by atomic mass is 10.1. The molecule has 1 aliphatic rings. The van der Waals surface area contributed by atoms with Crippen molar-refractivity contribution in [3.8, 4) is 0 Å². The minimum absolute atomic E-state index is 0.00526. The Kier molecular flexibility index (Phi) is 19.5. The van der Waals surface area contributed by atoms with E-state index in [0.717, 1.165) is 25.9 Å². The van der Waals surface area contributed by atoms with Gasteiger partial charge in [-0.1, -0.05) is 30.3 Å². The standard InChI is InChI=1S/C27H42O11/c28-26(24-6-2-1-3-7-24)27(29)38-23-21-35-19-17-33-15-13-31-11-10-30-12-14-32-16-18-34-20-22-37-25-8-4-5-9-36-25/h1-3,6-7,25H,4-5,8-23H2. The van der Waals surface area contributed by atoms with Gasteiger partial charge in [0.25, 0.3) is 5.78 Å². The first-order valence-corrected chi connectivity index (χ1v) is 13.2. The first-order chi connectivity index (χ1) is 18.8. The van der Waals surface area contributed by atoms with Crippen molar-refractivity contribution in [2.24, 2.45) is 0 Å². The van der Waals surface area contributed by atoms with Crippen LogP contribution in [-0.2, 0) is 47.4 Å². The van der Waals surface area contributed by atoms with Gasteiger partial charge in [0, 0.05) is 12.2 Å². The highest BCUT2D eigenvalue weighted by Crippen LogP contribution is 2.13. The number of rotatable bonds is 24. The molecule has 0 N–H and O–H groups in total. The Morgan fingerprint density at radius 3 is 1.58 bits per heavy atom. The number of ketones is 1. The van der Waals surface area contributed by atoms with Gasteiger partial charge in [-0.2, -0.15) is 0 Å². The molecule has 1 atom stereocenters. The smallest absolute Gasteiger partial charge is 0.379 e. The van der Waals surface area contributed by atoms with E-state index in [1.54, 1.807) is 30.3 Å². The summed E-state index contributed by atoms with van der Waals surface area (Å²) >= 11 is 0. The molecule has 0 saturated carbocycles. The Balaban J connectivity index is 1.21. The van der Waals surface area contributed by atoms with Crippen LogP contribution in [0.15, 0.2) is 30.3 Å². The maximum atomic E-state index is 11.9. The number of ether oxygens (including phenoxy) is 9. The summed E-state index contributed by atoms with van der Waals surface area (Å²) < 4.78 is 48.5. The van der Waals surface area contributed by atoms with Crippen molar-refractivity contribution in [3.63, 3.8) is 0 Å². The van der Waals surface area contributed by atoms with Crippen LogP contribution in [0.2, 0.25) is 0 Å². The van der Waals surface area contributed by atoms with Crippen molar-refractivity contribution in [1.82, 2.24) is 0 Å². The summed E-state index contributed by atoms with van der Waals surface area (Å²) in [5.74, 6) is -1.56. The summed E-state index contributed by atoms with van der Waals surface area (Å²) in [6.45, 7) is 6.65. The highest BCUT2D eigenvalue weighted by molar-refractivity contribution is 6.40. The zero-order chi connectivity index (χ0) is 26.9. The molecule has 0 spiro atoms. The maximum Gasteiger partial charge on any atom is 0.379 e. The van der Waals surface area contributed by atoms with Crippen molar-refractivity contribution < 1.29 is 52.2 Å². The van der Waals surface area contributed by atoms with Crippen molar-refractivity contribution in [1.29, 1.82) is 0 Å². The fourth-order valence-electron chi connectivity index (χ4n) is 3.25. The third kappa shape index (κ3) is 16.8. The number of hydrogen-bond acceptors (Lipinski definition) is 11. The summed E-state index contributed by atoms with van der Waals surface area (Å²) in [7, 11) is 0. The largest absolute Gasteiger partial charge is 0.457 e. The molecule has 0 aliphatic carbocycles. The van der Waals surface area contributed by atoms with Gasteiger partial charge in [-0.05, 0) is 19.3 Å². The van der Waals surface area contributed by atoms with Gasteiger partial charge in [0.05, 0.1) is 85.9 Å². The van der Waals surface area contributed by atoms with E-state index >= 15 is 0 Å². The van der Waals surface area contributed by atoms with Crippen LogP contribution in [0.3, 0.4) is 0 Å². The quantitative estimate of drug-likeness (QED) is 0.0827. The molecule has 1 unspecified atom stereocenters. The predicted octanol–water partition coefficient (Wildman–Crippen LogP) is 2.06. The molecule has 11 nitrogen and oxygen atoms in total. The average Bonchev–Trinajstić information content (AvgIpc) is 2.96. The molecule has 0 radical (unpaired) electrons. The van der Waals surface area contributed by atoms with Crippen molar-refractivity contribution in [2.75, 3.05) is 99.1 Å². The van der Waals surface area contributed by atoms with E-state index in [9.17, 15) is 9.59 Å². The van der Waals surface area contributed by atoms with Crippen molar-refractivity contribution in [2.45, 2.75) is 25.6 Å². The number of carbonyl (C=O) groups is 2. The van der Waals surface area contributed by atoms with Crippen LogP contribution >= 0.6 is 0 Å². The molecule has 216 valence electrons. The minimum atomic E-state index is -0.892. The summed E-state index contributed by atoms with van der Waals surface area (Å²) in [4.78, 5) is 23.5. The Bertz CT molecular complexity index is 710. The molecule has 38 heavy (non-hydrogen) atoms. The molecule has 1 aromatic rings. The monoisotopic (exact) mass is 542 g/mol. The number of carbonyl (C=O) groups excluding carboxylic acids is 2. The topological polar surface area (TPSA) is 117 Å². The van der Waals surface area contributed by atoms with Gasteiger partial charge < -0.3 is 42.6 Å². The van der Waals surface area contributed by atoms with Crippen LogP contribution in [0.4, 0.5) is 0 Å². The van der Waals surface area contributed by atoms with E-state index in [4.69, 9.17) is 42.6 Å². The molecule has 1 aromatic carbocycles. The third-order valence-corrected chi connectivity index (χ3v) is 5.21. The van der Waals surface area contributed by atoms with Crippen LogP contribution < -0.4 is 0 Å². The maximum absolute atomic E-state index is 11.9. The van der Waals surface area contributed by atoms with E-state index in [-0.39, 0.29) is 19.5 Å². The molecule has 11 heteroatoms. The second-order valence-corrected chi connectivity index (χ2v) is 8.17. The van der Waals surface area contributed by atoms with E-state index in [2.05, 4.69) is 0 Å². The molecule has 1 saturated heterocycles. The lowest BCUT2D eigenvalue weighted by molar-refractivity contribution is -0.169. The first-order valence-electron chi connectivity index (χ1n) is 13.2. The van der Waals surface area contributed by atoms with Gasteiger partial charge in [-0.3, -0.25) is 4.79 Å². The summed E-state index contributed by atoms with van der Waals surface area (Å²) in [5, 5.41) is 0. The summed E-state index contributed by atoms with van der Waals surface area (Å²) in [6, 6.07) is 8.27. The lowest BCUT2D eigenvalue weighted by Crippen LogP contribution is -2.24. The second kappa shape index (κ2) is 23.0. The molecule has 0 amide bonds. The normalized spacial score (nSPS) is 15.4. The van der Waals surface area contributed by atoms with Crippen LogP contribution in [0.5, 0.6) is 0 Å². The first kappa shape index (κ1) is 32.3. The van der Waals surface area contributed by atoms with E-state index in [1.165, 1.54) is 0 Å². The van der Waals surface area contributed by atoms with E-state index in [0.29, 0.717) is 84.8 Å². The second-order valence-electron chi connectivity index (χ2n) is 8.17. The molecule has 0 bridgehead atoms. The molecule has 2 rings (SSSR count). The number of benzene rings is 1. The third-order valence-electron chi connectivity index (χ3n) is 5.21. The summed E-state index contributed by atoms with van der Waals surface area (Å²) in [6.07, 6.45) is 3.16. The van der Waals surface area contributed by atoms with Crippen LogP contribution in [-0.4, -0.2) is 117 Å². The van der Waals surface area contributed by atoms with Crippen LogP contribution in [0.25, 0.3) is 0 Å². The van der Waals surface area contributed by atoms with Gasteiger partial charge in [-0.15, -0.1) is 0 Å².